The molecule has 104 valence electrons. The maximum Gasteiger partial charge on any atom is 0.308 e. The van der Waals surface area contributed by atoms with E-state index in [1.54, 1.807) is 24.3 Å². The van der Waals surface area contributed by atoms with E-state index in [9.17, 15) is 9.59 Å². The van der Waals surface area contributed by atoms with Crippen molar-refractivity contribution in [1.82, 2.24) is 0 Å². The van der Waals surface area contributed by atoms with Gasteiger partial charge in [-0.2, -0.15) is 0 Å². The summed E-state index contributed by atoms with van der Waals surface area (Å²) in [6.07, 6.45) is 3.81. The summed E-state index contributed by atoms with van der Waals surface area (Å²) in [5.74, 6) is 0.286. The lowest BCUT2D eigenvalue weighted by molar-refractivity contribution is -0.131. The zero-order chi connectivity index (χ0) is 14.3. The smallest absolute Gasteiger partial charge is 0.308 e. The highest BCUT2D eigenvalue weighted by molar-refractivity contribution is 5.98. The van der Waals surface area contributed by atoms with E-state index >= 15 is 0 Å². The molecule has 0 unspecified atom stereocenters. The number of hydrogen-bond donors (Lipinski definition) is 0. The van der Waals surface area contributed by atoms with Gasteiger partial charge in [-0.15, -0.1) is 0 Å². The average molecular weight is 262 g/mol. The third-order valence-corrected chi connectivity index (χ3v) is 3.03. The Morgan fingerprint density at radius 1 is 1.16 bits per heavy atom. The molecule has 0 spiro atoms. The monoisotopic (exact) mass is 262 g/mol. The molecule has 0 N–H and O–H groups in total. The fourth-order valence-electron chi connectivity index (χ4n) is 2.22. The summed E-state index contributed by atoms with van der Waals surface area (Å²) in [4.78, 5) is 23.3. The van der Waals surface area contributed by atoms with Gasteiger partial charge >= 0.3 is 5.97 Å². The van der Waals surface area contributed by atoms with Crippen LogP contribution in [0.4, 0.5) is 0 Å². The van der Waals surface area contributed by atoms with E-state index < -0.39 is 0 Å². The van der Waals surface area contributed by atoms with Gasteiger partial charge in [0.1, 0.15) is 5.75 Å². The topological polar surface area (TPSA) is 43.4 Å². The first-order valence-corrected chi connectivity index (χ1v) is 6.91. The number of carbonyl (C=O) groups is 2. The minimum absolute atomic E-state index is 0.0718. The minimum Gasteiger partial charge on any atom is -0.427 e. The van der Waals surface area contributed by atoms with Gasteiger partial charge < -0.3 is 4.74 Å². The summed E-state index contributed by atoms with van der Waals surface area (Å²) in [7, 11) is 0. The van der Waals surface area contributed by atoms with Crippen molar-refractivity contribution in [3.8, 4) is 5.75 Å². The fourth-order valence-corrected chi connectivity index (χ4v) is 2.22. The van der Waals surface area contributed by atoms with Crippen LogP contribution in [0.2, 0.25) is 0 Å². The molecule has 0 aliphatic heterocycles. The lowest BCUT2D eigenvalue weighted by Crippen LogP contribution is -2.15. The number of esters is 1. The van der Waals surface area contributed by atoms with E-state index in [4.69, 9.17) is 4.74 Å². The van der Waals surface area contributed by atoms with Gasteiger partial charge in [0.2, 0.25) is 0 Å². The quantitative estimate of drug-likeness (QED) is 0.423. The Hall–Kier alpha value is -1.64. The van der Waals surface area contributed by atoms with E-state index in [1.807, 2.05) is 0 Å². The second kappa shape index (κ2) is 7.72. The largest absolute Gasteiger partial charge is 0.427 e. The molecule has 0 saturated carbocycles. The highest BCUT2D eigenvalue weighted by atomic mass is 16.5. The maximum atomic E-state index is 12.4. The van der Waals surface area contributed by atoms with Crippen LogP contribution in [0, 0.1) is 5.92 Å². The van der Waals surface area contributed by atoms with Crippen LogP contribution in [-0.4, -0.2) is 11.8 Å². The van der Waals surface area contributed by atoms with E-state index in [1.165, 1.54) is 6.92 Å². The molecule has 1 aromatic rings. The van der Waals surface area contributed by atoms with Crippen molar-refractivity contribution < 1.29 is 14.3 Å². The van der Waals surface area contributed by atoms with Crippen LogP contribution in [0.1, 0.15) is 56.8 Å². The first kappa shape index (κ1) is 15.4. The number of benzene rings is 1. The third-order valence-electron chi connectivity index (χ3n) is 3.03. The molecular weight excluding hydrogens is 240 g/mol. The zero-order valence-corrected chi connectivity index (χ0v) is 11.9. The van der Waals surface area contributed by atoms with Crippen LogP contribution < -0.4 is 4.74 Å². The Balaban J connectivity index is 2.87. The molecule has 1 rings (SSSR count). The summed E-state index contributed by atoms with van der Waals surface area (Å²) in [6, 6.07) is 6.88. The summed E-state index contributed by atoms with van der Waals surface area (Å²) in [6.45, 7) is 5.53. The van der Waals surface area contributed by atoms with Gasteiger partial charge in [0.25, 0.3) is 0 Å². The molecule has 19 heavy (non-hydrogen) atoms. The number of ketones is 1. The van der Waals surface area contributed by atoms with Gasteiger partial charge in [-0.3, -0.25) is 9.59 Å². The van der Waals surface area contributed by atoms with Gasteiger partial charge in [0.15, 0.2) is 5.78 Å². The van der Waals surface area contributed by atoms with Crippen molar-refractivity contribution in [2.24, 2.45) is 5.92 Å². The fraction of sp³-hybridized carbons (Fsp3) is 0.500. The Morgan fingerprint density at radius 3 is 2.32 bits per heavy atom. The molecule has 0 atom stereocenters. The number of rotatable bonds is 7. The van der Waals surface area contributed by atoms with Crippen molar-refractivity contribution in [3.63, 3.8) is 0 Å². The second-order valence-electron chi connectivity index (χ2n) is 4.76. The molecule has 0 amide bonds. The van der Waals surface area contributed by atoms with E-state index in [2.05, 4.69) is 13.8 Å². The molecule has 0 aliphatic carbocycles. The first-order chi connectivity index (χ1) is 9.08. The number of Topliss-reactive ketones (excluding diaryl/α,β-unsaturated/α-hetero) is 1. The molecular formula is C16H22O3. The Kier molecular flexibility index (Phi) is 6.26. The molecule has 0 heterocycles. The normalized spacial score (nSPS) is 10.5. The summed E-state index contributed by atoms with van der Waals surface area (Å²) in [5, 5.41) is 0. The molecule has 3 nitrogen and oxygen atoms in total. The Bertz CT molecular complexity index is 431. The van der Waals surface area contributed by atoms with Crippen LogP contribution in [0.3, 0.4) is 0 Å². The Labute approximate surface area is 115 Å². The van der Waals surface area contributed by atoms with Crippen LogP contribution in [0.25, 0.3) is 0 Å². The Morgan fingerprint density at radius 2 is 1.79 bits per heavy atom. The van der Waals surface area contributed by atoms with E-state index in [0.717, 1.165) is 25.7 Å². The van der Waals surface area contributed by atoms with Crippen molar-refractivity contribution in [2.75, 3.05) is 0 Å². The molecule has 0 radical (unpaired) electrons. The van der Waals surface area contributed by atoms with Crippen molar-refractivity contribution in [3.05, 3.63) is 29.8 Å². The molecule has 0 bridgehead atoms. The number of carbonyl (C=O) groups excluding carboxylic acids is 2. The summed E-state index contributed by atoms with van der Waals surface area (Å²) >= 11 is 0. The first-order valence-electron chi connectivity index (χ1n) is 6.91. The number of ether oxygens (including phenoxy) is 1. The maximum absolute atomic E-state index is 12.4. The lowest BCUT2D eigenvalue weighted by atomic mass is 9.90. The molecule has 1 aromatic carbocycles. The summed E-state index contributed by atoms with van der Waals surface area (Å²) in [5.41, 5.74) is 0.630. The molecule has 0 aliphatic rings. The van der Waals surface area contributed by atoms with Crippen LogP contribution in [0.5, 0.6) is 5.75 Å². The SMILES string of the molecule is CCCC(CCC)C(=O)c1cccc(OC(C)=O)c1. The average Bonchev–Trinajstić information content (AvgIpc) is 2.37. The van der Waals surface area contributed by atoms with Gasteiger partial charge in [0, 0.05) is 18.4 Å². The van der Waals surface area contributed by atoms with Gasteiger partial charge in [-0.1, -0.05) is 38.8 Å². The zero-order valence-electron chi connectivity index (χ0n) is 11.9. The molecule has 0 aromatic heterocycles. The van der Waals surface area contributed by atoms with Crippen molar-refractivity contribution in [1.29, 1.82) is 0 Å². The van der Waals surface area contributed by atoms with Crippen LogP contribution in [-0.2, 0) is 4.79 Å². The highest BCUT2D eigenvalue weighted by Gasteiger charge is 2.18. The van der Waals surface area contributed by atoms with Crippen LogP contribution >= 0.6 is 0 Å². The number of hydrogen-bond acceptors (Lipinski definition) is 3. The predicted molar refractivity (Wildman–Crippen MR) is 75.4 cm³/mol. The third kappa shape index (κ3) is 4.86. The van der Waals surface area contributed by atoms with Crippen LogP contribution in [0.15, 0.2) is 24.3 Å². The van der Waals surface area contributed by atoms with Crippen molar-refractivity contribution >= 4 is 11.8 Å². The highest BCUT2D eigenvalue weighted by Crippen LogP contribution is 2.22. The second-order valence-corrected chi connectivity index (χ2v) is 4.76. The standard InChI is InChI=1S/C16H22O3/c1-4-7-13(8-5-2)16(18)14-9-6-10-15(11-14)19-12(3)17/h6,9-11,13H,4-5,7-8H2,1-3H3. The van der Waals surface area contributed by atoms with Gasteiger partial charge in [0.05, 0.1) is 0 Å². The minimum atomic E-state index is -0.372. The van der Waals surface area contributed by atoms with E-state index in [0.29, 0.717) is 11.3 Å². The van der Waals surface area contributed by atoms with Gasteiger partial charge in [-0.05, 0) is 25.0 Å². The van der Waals surface area contributed by atoms with Gasteiger partial charge in [-0.25, -0.2) is 0 Å². The molecule has 0 saturated heterocycles. The lowest BCUT2D eigenvalue weighted by Gasteiger charge is -2.14. The predicted octanol–water partition coefficient (Wildman–Crippen LogP) is 4.01. The molecule has 3 heteroatoms. The summed E-state index contributed by atoms with van der Waals surface area (Å²) < 4.78 is 5.01. The molecule has 0 fully saturated rings. The van der Waals surface area contributed by atoms with E-state index in [-0.39, 0.29) is 17.7 Å². The van der Waals surface area contributed by atoms with Crippen molar-refractivity contribution in [2.45, 2.75) is 46.5 Å².